The van der Waals surface area contributed by atoms with Crippen LogP contribution >= 0.6 is 11.6 Å². The molecule has 0 aromatic heterocycles. The van der Waals surface area contributed by atoms with Crippen molar-refractivity contribution in [2.24, 2.45) is 5.10 Å². The highest BCUT2D eigenvalue weighted by Crippen LogP contribution is 2.14. The molecule has 0 amide bonds. The van der Waals surface area contributed by atoms with Crippen LogP contribution < -0.4 is 5.43 Å². The number of carbonyl (C=O) groups is 1. The molecule has 1 N–H and O–H groups in total. The van der Waals surface area contributed by atoms with Gasteiger partial charge in [0.25, 0.3) is 0 Å². The third kappa shape index (κ3) is 3.41. The number of rotatable bonds is 3. The standard InChI is InChI=1S/C10H8ClN3O/c1-7(15)10(6-12)14-13-9-4-2-3-8(11)5-9/h2-5,13H,1H3. The highest BCUT2D eigenvalue weighted by Gasteiger charge is 2.03. The number of ketones is 1. The zero-order valence-corrected chi connectivity index (χ0v) is 8.75. The van der Waals surface area contributed by atoms with E-state index in [2.05, 4.69) is 10.5 Å². The second kappa shape index (κ2) is 5.13. The third-order valence-electron chi connectivity index (χ3n) is 1.56. The van der Waals surface area contributed by atoms with Crippen LogP contribution in [0.25, 0.3) is 0 Å². The molecule has 1 aromatic carbocycles. The first-order valence-corrected chi connectivity index (χ1v) is 4.51. The fraction of sp³-hybridized carbons (Fsp3) is 0.100. The Bertz CT molecular complexity index is 448. The maximum Gasteiger partial charge on any atom is 0.203 e. The van der Waals surface area contributed by atoms with Gasteiger partial charge >= 0.3 is 0 Å². The van der Waals surface area contributed by atoms with Gasteiger partial charge in [0, 0.05) is 11.9 Å². The molecule has 0 atom stereocenters. The molecule has 0 saturated carbocycles. The van der Waals surface area contributed by atoms with E-state index >= 15 is 0 Å². The highest BCUT2D eigenvalue weighted by molar-refractivity contribution is 6.45. The van der Waals surface area contributed by atoms with E-state index in [1.807, 2.05) is 0 Å². The third-order valence-corrected chi connectivity index (χ3v) is 1.80. The first-order chi connectivity index (χ1) is 7.13. The summed E-state index contributed by atoms with van der Waals surface area (Å²) in [4.78, 5) is 10.8. The number of hydrogen-bond donors (Lipinski definition) is 1. The molecular weight excluding hydrogens is 214 g/mol. The number of hydrogen-bond acceptors (Lipinski definition) is 4. The molecule has 0 fully saturated rings. The number of nitrogens with one attached hydrogen (secondary N) is 1. The minimum atomic E-state index is -0.382. The summed E-state index contributed by atoms with van der Waals surface area (Å²) < 4.78 is 0. The van der Waals surface area contributed by atoms with Crippen molar-refractivity contribution in [1.29, 1.82) is 5.26 Å². The molecule has 1 rings (SSSR count). The van der Waals surface area contributed by atoms with Gasteiger partial charge in [0.05, 0.1) is 5.69 Å². The fourth-order valence-corrected chi connectivity index (χ4v) is 1.05. The molecule has 1 aromatic rings. The Balaban J connectivity index is 2.80. The predicted molar refractivity (Wildman–Crippen MR) is 58.8 cm³/mol. The molecule has 0 heterocycles. The van der Waals surface area contributed by atoms with E-state index in [1.165, 1.54) is 6.92 Å². The van der Waals surface area contributed by atoms with Gasteiger partial charge in [0.2, 0.25) is 5.71 Å². The van der Waals surface area contributed by atoms with E-state index in [1.54, 1.807) is 30.3 Å². The summed E-state index contributed by atoms with van der Waals surface area (Å²) >= 11 is 5.74. The molecule has 0 aliphatic heterocycles. The van der Waals surface area contributed by atoms with E-state index in [4.69, 9.17) is 16.9 Å². The van der Waals surface area contributed by atoms with Gasteiger partial charge in [-0.05, 0) is 18.2 Å². The largest absolute Gasteiger partial charge is 0.292 e. The molecule has 5 heteroatoms. The van der Waals surface area contributed by atoms with Crippen molar-refractivity contribution in [3.8, 4) is 6.07 Å². The molecule has 0 aliphatic rings. The van der Waals surface area contributed by atoms with Crippen LogP contribution in [0.5, 0.6) is 0 Å². The van der Waals surface area contributed by atoms with E-state index in [0.717, 1.165) is 0 Å². The Morgan fingerprint density at radius 3 is 2.87 bits per heavy atom. The Morgan fingerprint density at radius 2 is 2.33 bits per heavy atom. The van der Waals surface area contributed by atoms with Crippen molar-refractivity contribution < 1.29 is 4.79 Å². The van der Waals surface area contributed by atoms with E-state index in [9.17, 15) is 4.79 Å². The topological polar surface area (TPSA) is 65.2 Å². The lowest BCUT2D eigenvalue weighted by atomic mass is 10.3. The Hall–Kier alpha value is -1.86. The number of halogens is 1. The molecule has 4 nitrogen and oxygen atoms in total. The summed E-state index contributed by atoms with van der Waals surface area (Å²) in [7, 11) is 0. The highest BCUT2D eigenvalue weighted by atomic mass is 35.5. The average molecular weight is 222 g/mol. The number of benzene rings is 1. The van der Waals surface area contributed by atoms with Crippen LogP contribution in [0, 0.1) is 11.3 Å². The monoisotopic (exact) mass is 221 g/mol. The number of carbonyl (C=O) groups excluding carboxylic acids is 1. The zero-order chi connectivity index (χ0) is 11.3. The smallest absolute Gasteiger partial charge is 0.203 e. The number of nitrogens with zero attached hydrogens (tertiary/aromatic N) is 2. The molecule has 76 valence electrons. The van der Waals surface area contributed by atoms with Crippen LogP contribution in [0.1, 0.15) is 6.92 Å². The minimum Gasteiger partial charge on any atom is -0.292 e. The van der Waals surface area contributed by atoms with Crippen molar-refractivity contribution in [3.05, 3.63) is 29.3 Å². The Morgan fingerprint density at radius 1 is 1.60 bits per heavy atom. The number of Topliss-reactive ketones (excluding diaryl/α,β-unsaturated/α-hetero) is 1. The summed E-state index contributed by atoms with van der Waals surface area (Å²) in [5.74, 6) is -0.382. The van der Waals surface area contributed by atoms with Gasteiger partial charge in [0.15, 0.2) is 5.78 Å². The summed E-state index contributed by atoms with van der Waals surface area (Å²) in [6.07, 6.45) is 0. The molecule has 15 heavy (non-hydrogen) atoms. The van der Waals surface area contributed by atoms with Crippen LogP contribution in [0.4, 0.5) is 5.69 Å². The van der Waals surface area contributed by atoms with Crippen molar-refractivity contribution in [2.45, 2.75) is 6.92 Å². The summed E-state index contributed by atoms with van der Waals surface area (Å²) in [6.45, 7) is 1.28. The summed E-state index contributed by atoms with van der Waals surface area (Å²) in [6, 6.07) is 8.51. The fourth-order valence-electron chi connectivity index (χ4n) is 0.861. The lowest BCUT2D eigenvalue weighted by molar-refractivity contribution is -0.110. The molecule has 0 spiro atoms. The molecule has 0 unspecified atom stereocenters. The van der Waals surface area contributed by atoms with Gasteiger partial charge in [-0.2, -0.15) is 10.4 Å². The Labute approximate surface area is 92.2 Å². The number of hydrazone groups is 1. The maximum absolute atomic E-state index is 10.8. The van der Waals surface area contributed by atoms with Crippen LogP contribution in [0.2, 0.25) is 5.02 Å². The normalized spacial score (nSPS) is 10.6. The van der Waals surface area contributed by atoms with Gasteiger partial charge < -0.3 is 0 Å². The quantitative estimate of drug-likeness (QED) is 0.629. The second-order valence-corrected chi connectivity index (χ2v) is 3.19. The summed E-state index contributed by atoms with van der Waals surface area (Å²) in [5, 5.41) is 12.8. The van der Waals surface area contributed by atoms with Crippen LogP contribution in [-0.4, -0.2) is 11.5 Å². The van der Waals surface area contributed by atoms with E-state index in [0.29, 0.717) is 10.7 Å². The zero-order valence-electron chi connectivity index (χ0n) is 7.99. The van der Waals surface area contributed by atoms with E-state index < -0.39 is 0 Å². The Kier molecular flexibility index (Phi) is 3.83. The van der Waals surface area contributed by atoms with Gasteiger partial charge in [-0.3, -0.25) is 10.2 Å². The minimum absolute atomic E-state index is 0.171. The lowest BCUT2D eigenvalue weighted by Gasteiger charge is -2.00. The predicted octanol–water partition coefficient (Wildman–Crippen LogP) is 2.22. The van der Waals surface area contributed by atoms with Crippen molar-refractivity contribution in [3.63, 3.8) is 0 Å². The van der Waals surface area contributed by atoms with Crippen LogP contribution in [0.3, 0.4) is 0 Å². The molecule has 0 saturated heterocycles. The van der Waals surface area contributed by atoms with Crippen LogP contribution in [0.15, 0.2) is 29.4 Å². The number of nitriles is 1. The molecule has 0 aliphatic carbocycles. The summed E-state index contributed by atoms with van der Waals surface area (Å²) in [5.41, 5.74) is 3.03. The molecule has 0 radical (unpaired) electrons. The number of anilines is 1. The van der Waals surface area contributed by atoms with Gasteiger partial charge in [-0.15, -0.1) is 0 Å². The van der Waals surface area contributed by atoms with Gasteiger partial charge in [-0.1, -0.05) is 17.7 Å². The van der Waals surface area contributed by atoms with Gasteiger partial charge in [-0.25, -0.2) is 0 Å². The average Bonchev–Trinajstić information content (AvgIpc) is 2.18. The maximum atomic E-state index is 10.8. The van der Waals surface area contributed by atoms with E-state index in [-0.39, 0.29) is 11.5 Å². The lowest BCUT2D eigenvalue weighted by Crippen LogP contribution is -2.09. The van der Waals surface area contributed by atoms with Gasteiger partial charge in [0.1, 0.15) is 6.07 Å². The SMILES string of the molecule is CC(=O)C(C#N)=NNc1cccc(Cl)c1. The van der Waals surface area contributed by atoms with Crippen molar-refractivity contribution in [2.75, 3.05) is 5.43 Å². The second-order valence-electron chi connectivity index (χ2n) is 2.75. The van der Waals surface area contributed by atoms with Crippen molar-refractivity contribution in [1.82, 2.24) is 0 Å². The van der Waals surface area contributed by atoms with Crippen molar-refractivity contribution >= 4 is 28.8 Å². The first-order valence-electron chi connectivity index (χ1n) is 4.14. The first kappa shape index (κ1) is 11.2. The molecular formula is C10H8ClN3O. The molecule has 0 bridgehead atoms. The van der Waals surface area contributed by atoms with Crippen LogP contribution in [-0.2, 0) is 4.79 Å².